The van der Waals surface area contributed by atoms with Crippen LogP contribution in [0.4, 0.5) is 5.69 Å². The highest BCUT2D eigenvalue weighted by atomic mass is 32.2. The summed E-state index contributed by atoms with van der Waals surface area (Å²) in [6.07, 6.45) is 0.148. The number of carbonyl (C=O) groups excluding carboxylic acids is 1. The number of hydrogen-bond donors (Lipinski definition) is 3. The Morgan fingerprint density at radius 3 is 2.61 bits per heavy atom. The van der Waals surface area contributed by atoms with Crippen LogP contribution >= 0.6 is 0 Å². The van der Waals surface area contributed by atoms with Crippen LogP contribution in [0.2, 0.25) is 0 Å². The molecule has 0 heterocycles. The Bertz CT molecular complexity index is 514. The molecule has 18 heavy (non-hydrogen) atoms. The van der Waals surface area contributed by atoms with E-state index >= 15 is 0 Å². The smallest absolute Gasteiger partial charge is 0.242 e. The molecule has 7 heteroatoms. The van der Waals surface area contributed by atoms with Crippen LogP contribution in [0.3, 0.4) is 0 Å². The van der Waals surface area contributed by atoms with Gasteiger partial charge in [-0.05, 0) is 12.1 Å². The summed E-state index contributed by atoms with van der Waals surface area (Å²) in [5.41, 5.74) is 5.48. The van der Waals surface area contributed by atoms with E-state index in [1.165, 1.54) is 6.07 Å². The molecule has 0 aromatic heterocycles. The number of carbonyl (C=O) groups is 1. The highest BCUT2D eigenvalue weighted by molar-refractivity contribution is 7.89. The minimum Gasteiger partial charge on any atom is -0.383 e. The van der Waals surface area contributed by atoms with Gasteiger partial charge in [0.2, 0.25) is 15.9 Å². The Morgan fingerprint density at radius 1 is 1.33 bits per heavy atom. The lowest BCUT2D eigenvalue weighted by atomic mass is 10.3. The first-order valence-electron chi connectivity index (χ1n) is 5.58. The summed E-state index contributed by atoms with van der Waals surface area (Å²) < 4.78 is 26.2. The fourth-order valence-electron chi connectivity index (χ4n) is 1.44. The van der Waals surface area contributed by atoms with Crippen molar-refractivity contribution in [1.82, 2.24) is 4.72 Å². The second-order valence-electron chi connectivity index (χ2n) is 3.64. The number of primary amides is 1. The van der Waals surface area contributed by atoms with E-state index in [9.17, 15) is 13.2 Å². The monoisotopic (exact) mass is 271 g/mol. The topological polar surface area (TPSA) is 101 Å². The van der Waals surface area contributed by atoms with Gasteiger partial charge in [-0.1, -0.05) is 19.1 Å². The molecule has 1 rings (SSSR count). The Kier molecular flexibility index (Phi) is 5.11. The summed E-state index contributed by atoms with van der Waals surface area (Å²) in [5, 5.41) is 2.89. The average molecular weight is 271 g/mol. The van der Waals surface area contributed by atoms with Crippen molar-refractivity contribution < 1.29 is 13.2 Å². The summed E-state index contributed by atoms with van der Waals surface area (Å²) >= 11 is 0. The molecule has 0 aliphatic heterocycles. The lowest BCUT2D eigenvalue weighted by Crippen LogP contribution is -2.24. The van der Waals surface area contributed by atoms with Crippen molar-refractivity contribution >= 4 is 21.6 Å². The van der Waals surface area contributed by atoms with E-state index in [-0.39, 0.29) is 11.3 Å². The molecule has 0 aliphatic carbocycles. The zero-order valence-electron chi connectivity index (χ0n) is 10.1. The number of hydrogen-bond acceptors (Lipinski definition) is 4. The fraction of sp³-hybridized carbons (Fsp3) is 0.364. The van der Waals surface area contributed by atoms with Crippen LogP contribution in [0.15, 0.2) is 29.2 Å². The van der Waals surface area contributed by atoms with Gasteiger partial charge < -0.3 is 11.1 Å². The number of sulfonamides is 1. The number of rotatable bonds is 7. The van der Waals surface area contributed by atoms with Crippen LogP contribution in [-0.4, -0.2) is 27.4 Å². The molecule has 1 aromatic rings. The van der Waals surface area contributed by atoms with E-state index in [1.807, 2.05) is 0 Å². The van der Waals surface area contributed by atoms with Crippen LogP contribution in [0.1, 0.15) is 13.3 Å². The molecule has 0 saturated carbocycles. The SMILES string of the molecule is CCNS(=O)(=O)c1ccccc1NCCC(N)=O. The summed E-state index contributed by atoms with van der Waals surface area (Å²) in [4.78, 5) is 10.8. The third-order valence-corrected chi connectivity index (χ3v) is 3.80. The highest BCUT2D eigenvalue weighted by Crippen LogP contribution is 2.20. The second kappa shape index (κ2) is 6.36. The van der Waals surface area contributed by atoms with Gasteiger partial charge in [0.15, 0.2) is 0 Å². The molecule has 0 spiro atoms. The van der Waals surface area contributed by atoms with Gasteiger partial charge in [0.05, 0.1) is 5.69 Å². The van der Waals surface area contributed by atoms with Crippen LogP contribution < -0.4 is 15.8 Å². The standard InChI is InChI=1S/C11H17N3O3S/c1-2-14-18(16,17)10-6-4-3-5-9(10)13-8-7-11(12)15/h3-6,13-14H,2,7-8H2,1H3,(H2,12,15). The van der Waals surface area contributed by atoms with Crippen LogP contribution in [-0.2, 0) is 14.8 Å². The van der Waals surface area contributed by atoms with E-state index in [1.54, 1.807) is 25.1 Å². The first-order valence-corrected chi connectivity index (χ1v) is 7.06. The maximum Gasteiger partial charge on any atom is 0.242 e. The quantitative estimate of drug-likeness (QED) is 0.662. The Labute approximate surface area is 107 Å². The molecule has 0 unspecified atom stereocenters. The molecule has 0 saturated heterocycles. The van der Waals surface area contributed by atoms with Crippen LogP contribution in [0, 0.1) is 0 Å². The van der Waals surface area contributed by atoms with Crippen molar-refractivity contribution in [2.75, 3.05) is 18.4 Å². The summed E-state index contributed by atoms with van der Waals surface area (Å²) in [7, 11) is -3.52. The van der Waals surface area contributed by atoms with E-state index in [4.69, 9.17) is 5.73 Å². The van der Waals surface area contributed by atoms with Gasteiger partial charge in [0.25, 0.3) is 0 Å². The van der Waals surface area contributed by atoms with Gasteiger partial charge in [-0.15, -0.1) is 0 Å². The van der Waals surface area contributed by atoms with Gasteiger partial charge in [-0.25, -0.2) is 13.1 Å². The number of para-hydroxylation sites is 1. The molecular weight excluding hydrogens is 254 g/mol. The predicted molar refractivity (Wildman–Crippen MR) is 69.6 cm³/mol. The van der Waals surface area contributed by atoms with Gasteiger partial charge in [-0.3, -0.25) is 4.79 Å². The van der Waals surface area contributed by atoms with Crippen molar-refractivity contribution in [3.63, 3.8) is 0 Å². The lowest BCUT2D eigenvalue weighted by molar-refractivity contribution is -0.117. The molecule has 0 fully saturated rings. The molecule has 0 bridgehead atoms. The first kappa shape index (κ1) is 14.5. The maximum atomic E-state index is 11.9. The molecular formula is C11H17N3O3S. The van der Waals surface area contributed by atoms with Crippen molar-refractivity contribution in [2.45, 2.75) is 18.2 Å². The lowest BCUT2D eigenvalue weighted by Gasteiger charge is -2.11. The van der Waals surface area contributed by atoms with Crippen molar-refractivity contribution in [3.05, 3.63) is 24.3 Å². The summed E-state index contributed by atoms with van der Waals surface area (Å²) in [6.45, 7) is 2.33. The largest absolute Gasteiger partial charge is 0.383 e. The van der Waals surface area contributed by atoms with Crippen LogP contribution in [0.5, 0.6) is 0 Å². The Morgan fingerprint density at radius 2 is 2.00 bits per heavy atom. The molecule has 100 valence electrons. The van der Waals surface area contributed by atoms with Gasteiger partial charge in [0.1, 0.15) is 4.90 Å². The third kappa shape index (κ3) is 4.01. The molecule has 4 N–H and O–H groups in total. The number of nitrogens with one attached hydrogen (secondary N) is 2. The molecule has 6 nitrogen and oxygen atoms in total. The average Bonchev–Trinajstić information content (AvgIpc) is 2.29. The van der Waals surface area contributed by atoms with E-state index in [0.717, 1.165) is 0 Å². The highest BCUT2D eigenvalue weighted by Gasteiger charge is 2.16. The molecule has 0 atom stereocenters. The third-order valence-electron chi connectivity index (χ3n) is 2.20. The van der Waals surface area contributed by atoms with E-state index in [0.29, 0.717) is 18.8 Å². The first-order chi connectivity index (χ1) is 8.47. The number of benzene rings is 1. The van der Waals surface area contributed by atoms with Crippen LogP contribution in [0.25, 0.3) is 0 Å². The second-order valence-corrected chi connectivity index (χ2v) is 5.38. The molecule has 0 aliphatic rings. The van der Waals surface area contributed by atoms with Crippen molar-refractivity contribution in [1.29, 1.82) is 0 Å². The van der Waals surface area contributed by atoms with E-state index in [2.05, 4.69) is 10.0 Å². The minimum absolute atomic E-state index is 0.148. The fourth-order valence-corrected chi connectivity index (χ4v) is 2.66. The number of amides is 1. The van der Waals surface area contributed by atoms with Gasteiger partial charge >= 0.3 is 0 Å². The summed E-state index contributed by atoms with van der Waals surface area (Å²) in [5.74, 6) is -0.436. The minimum atomic E-state index is -3.52. The zero-order chi connectivity index (χ0) is 13.6. The predicted octanol–water partition coefficient (Wildman–Crippen LogP) is 0.272. The molecule has 1 amide bonds. The zero-order valence-corrected chi connectivity index (χ0v) is 11.0. The van der Waals surface area contributed by atoms with Gasteiger partial charge in [0, 0.05) is 19.5 Å². The molecule has 0 radical (unpaired) electrons. The maximum absolute atomic E-state index is 11.9. The normalized spacial score (nSPS) is 11.2. The summed E-state index contributed by atoms with van der Waals surface area (Å²) in [6, 6.07) is 6.51. The Hall–Kier alpha value is -1.60. The number of nitrogens with two attached hydrogens (primary N) is 1. The van der Waals surface area contributed by atoms with E-state index < -0.39 is 15.9 Å². The van der Waals surface area contributed by atoms with Crippen molar-refractivity contribution in [2.24, 2.45) is 5.73 Å². The van der Waals surface area contributed by atoms with Crippen molar-refractivity contribution in [3.8, 4) is 0 Å². The number of anilines is 1. The van der Waals surface area contributed by atoms with Gasteiger partial charge in [-0.2, -0.15) is 0 Å². The Balaban J connectivity index is 2.89. The molecule has 1 aromatic carbocycles.